The van der Waals surface area contributed by atoms with Crippen LogP contribution in [0, 0.1) is 17.1 Å². The molecule has 0 saturated carbocycles. The summed E-state index contributed by atoms with van der Waals surface area (Å²) in [6.07, 6.45) is 9.28. The molecule has 1 aliphatic rings. The van der Waals surface area contributed by atoms with Gasteiger partial charge in [-0.05, 0) is 30.4 Å². The smallest absolute Gasteiger partial charge is 0.0129 e. The van der Waals surface area contributed by atoms with Crippen molar-refractivity contribution < 1.29 is 0 Å². The van der Waals surface area contributed by atoms with Crippen molar-refractivity contribution in [1.29, 1.82) is 0 Å². The van der Waals surface area contributed by atoms with E-state index in [0.717, 1.165) is 12.3 Å². The molecule has 1 unspecified atom stereocenters. The zero-order chi connectivity index (χ0) is 7.23. The first-order chi connectivity index (χ1) is 4.93. The van der Waals surface area contributed by atoms with Crippen molar-refractivity contribution >= 4 is 12.6 Å². The van der Waals surface area contributed by atoms with E-state index in [0.29, 0.717) is 0 Å². The fourth-order valence-electron chi connectivity index (χ4n) is 1.23. The summed E-state index contributed by atoms with van der Waals surface area (Å²) in [5, 5.41) is 2.64. The Morgan fingerprint density at radius 2 is 2.40 bits per heavy atom. The van der Waals surface area contributed by atoms with Crippen LogP contribution in [-0.2, 0) is 0 Å². The molecule has 0 aromatic carbocycles. The highest BCUT2D eigenvalue weighted by atomic mass is 32.1. The van der Waals surface area contributed by atoms with Crippen LogP contribution in [0.1, 0.15) is 25.7 Å². The van der Waals surface area contributed by atoms with E-state index in [2.05, 4.69) is 36.0 Å². The molecule has 0 aromatic heterocycles. The molecule has 0 spiro atoms. The van der Waals surface area contributed by atoms with Gasteiger partial charge in [0.25, 0.3) is 0 Å². The Labute approximate surface area is 68.1 Å². The molecule has 0 nitrogen and oxygen atoms in total. The molecule has 54 valence electrons. The molecule has 0 amide bonds. The Hall–Kier alpha value is -0.350. The Bertz CT molecular complexity index is 171. The highest BCUT2D eigenvalue weighted by Crippen LogP contribution is 2.20. The molecule has 0 heterocycles. The van der Waals surface area contributed by atoms with Gasteiger partial charge < -0.3 is 0 Å². The molecule has 1 rings (SSSR count). The lowest BCUT2D eigenvalue weighted by atomic mass is 9.92. The van der Waals surface area contributed by atoms with Crippen LogP contribution in [0.4, 0.5) is 0 Å². The van der Waals surface area contributed by atoms with Crippen molar-refractivity contribution in [1.82, 2.24) is 0 Å². The van der Waals surface area contributed by atoms with Crippen LogP contribution in [0.15, 0.2) is 12.2 Å². The largest absolute Gasteiger partial charge is 0.0922 e. The average Bonchev–Trinajstić information content (AvgIpc) is 2.03. The van der Waals surface area contributed by atoms with Gasteiger partial charge in [0.05, 0.1) is 0 Å². The van der Waals surface area contributed by atoms with E-state index in [1.165, 1.54) is 19.3 Å². The molecular weight excluding hydrogens is 140 g/mol. The Kier molecular flexibility index (Phi) is 3.46. The van der Waals surface area contributed by atoms with E-state index >= 15 is 0 Å². The molecule has 0 aliphatic heterocycles. The van der Waals surface area contributed by atoms with Crippen LogP contribution in [0.3, 0.4) is 0 Å². The van der Waals surface area contributed by atoms with Gasteiger partial charge in [-0.2, -0.15) is 0 Å². The predicted octanol–water partition coefficient (Wildman–Crippen LogP) is 2.62. The summed E-state index contributed by atoms with van der Waals surface area (Å²) in [5.41, 5.74) is 0. The molecule has 0 aromatic rings. The molecule has 0 N–H and O–H groups in total. The summed E-state index contributed by atoms with van der Waals surface area (Å²) in [7, 11) is 0. The Balaban J connectivity index is 2.26. The lowest BCUT2D eigenvalue weighted by molar-refractivity contribution is 0.492. The van der Waals surface area contributed by atoms with E-state index in [1.807, 2.05) is 0 Å². The van der Waals surface area contributed by atoms with Crippen molar-refractivity contribution in [2.75, 3.05) is 0 Å². The predicted molar refractivity (Wildman–Crippen MR) is 47.9 cm³/mol. The molecule has 0 saturated heterocycles. The van der Waals surface area contributed by atoms with Crippen LogP contribution in [-0.4, -0.2) is 0 Å². The quantitative estimate of drug-likeness (QED) is 0.333. The highest BCUT2D eigenvalue weighted by molar-refractivity contribution is 7.85. The monoisotopic (exact) mass is 152 g/mol. The zero-order valence-corrected chi connectivity index (χ0v) is 6.90. The van der Waals surface area contributed by atoms with Gasteiger partial charge in [0.15, 0.2) is 0 Å². The Morgan fingerprint density at radius 1 is 1.50 bits per heavy atom. The highest BCUT2D eigenvalue weighted by Gasteiger charge is 2.06. The third-order valence-corrected chi connectivity index (χ3v) is 2.01. The molecule has 0 fully saturated rings. The fourth-order valence-corrected chi connectivity index (χ4v) is 1.32. The normalized spacial score (nSPS) is 23.5. The minimum absolute atomic E-state index is 0.796. The SMILES string of the molecule is SC#CCC1CC=CCC1. The van der Waals surface area contributed by atoms with E-state index in [1.54, 1.807) is 0 Å². The second kappa shape index (κ2) is 4.46. The first-order valence-electron chi connectivity index (χ1n) is 3.70. The molecule has 10 heavy (non-hydrogen) atoms. The van der Waals surface area contributed by atoms with E-state index < -0.39 is 0 Å². The van der Waals surface area contributed by atoms with E-state index in [9.17, 15) is 0 Å². The molecule has 0 bridgehead atoms. The summed E-state index contributed by atoms with van der Waals surface area (Å²) < 4.78 is 0. The van der Waals surface area contributed by atoms with Gasteiger partial charge >= 0.3 is 0 Å². The van der Waals surface area contributed by atoms with Gasteiger partial charge in [0, 0.05) is 6.42 Å². The molecule has 1 aliphatic carbocycles. The standard InChI is InChI=1S/C9H12S/c10-8-4-7-9-5-2-1-3-6-9/h1-2,9-10H,3,5-7H2. The van der Waals surface area contributed by atoms with E-state index in [-0.39, 0.29) is 0 Å². The van der Waals surface area contributed by atoms with Gasteiger partial charge in [-0.15, -0.1) is 0 Å². The number of hydrogen-bond donors (Lipinski definition) is 1. The van der Waals surface area contributed by atoms with E-state index in [4.69, 9.17) is 0 Å². The number of thiol groups is 1. The molecular formula is C9H12S. The van der Waals surface area contributed by atoms with Gasteiger partial charge in [-0.1, -0.05) is 30.7 Å². The Morgan fingerprint density at radius 3 is 3.00 bits per heavy atom. The van der Waals surface area contributed by atoms with Crippen LogP contribution in [0.2, 0.25) is 0 Å². The minimum Gasteiger partial charge on any atom is -0.0922 e. The minimum atomic E-state index is 0.796. The van der Waals surface area contributed by atoms with Gasteiger partial charge in [0.1, 0.15) is 0 Å². The molecule has 1 atom stereocenters. The summed E-state index contributed by atoms with van der Waals surface area (Å²) in [5.74, 6) is 3.79. The second-order valence-corrected chi connectivity index (χ2v) is 2.87. The van der Waals surface area contributed by atoms with Crippen molar-refractivity contribution in [2.24, 2.45) is 5.92 Å². The maximum absolute atomic E-state index is 3.84. The van der Waals surface area contributed by atoms with Crippen LogP contribution >= 0.6 is 12.6 Å². The van der Waals surface area contributed by atoms with Crippen LogP contribution in [0.25, 0.3) is 0 Å². The third kappa shape index (κ3) is 2.49. The summed E-state index contributed by atoms with van der Waals surface area (Å²) in [6, 6.07) is 0. The van der Waals surface area contributed by atoms with Gasteiger partial charge in [-0.25, -0.2) is 0 Å². The summed E-state index contributed by atoms with van der Waals surface area (Å²) >= 11 is 3.84. The lowest BCUT2D eigenvalue weighted by Gasteiger charge is -2.13. The fraction of sp³-hybridized carbons (Fsp3) is 0.556. The topological polar surface area (TPSA) is 0 Å². The van der Waals surface area contributed by atoms with Crippen LogP contribution in [0.5, 0.6) is 0 Å². The summed E-state index contributed by atoms with van der Waals surface area (Å²) in [6.45, 7) is 0. The molecule has 0 radical (unpaired) electrons. The average molecular weight is 152 g/mol. The first kappa shape index (κ1) is 7.75. The molecule has 1 heteroatoms. The third-order valence-electron chi connectivity index (χ3n) is 1.85. The number of allylic oxidation sites excluding steroid dienone is 2. The number of hydrogen-bond acceptors (Lipinski definition) is 1. The summed E-state index contributed by atoms with van der Waals surface area (Å²) in [4.78, 5) is 0. The van der Waals surface area contributed by atoms with Crippen molar-refractivity contribution in [3.63, 3.8) is 0 Å². The van der Waals surface area contributed by atoms with Gasteiger partial charge in [-0.3, -0.25) is 0 Å². The first-order valence-corrected chi connectivity index (χ1v) is 4.15. The number of rotatable bonds is 1. The second-order valence-electron chi connectivity index (χ2n) is 2.64. The van der Waals surface area contributed by atoms with Crippen molar-refractivity contribution in [3.05, 3.63) is 12.2 Å². The van der Waals surface area contributed by atoms with Crippen molar-refractivity contribution in [2.45, 2.75) is 25.7 Å². The lowest BCUT2D eigenvalue weighted by Crippen LogP contribution is -2.00. The van der Waals surface area contributed by atoms with Crippen LogP contribution < -0.4 is 0 Å². The van der Waals surface area contributed by atoms with Gasteiger partial charge in [0.2, 0.25) is 0 Å². The maximum Gasteiger partial charge on any atom is 0.0129 e. The maximum atomic E-state index is 3.84. The zero-order valence-electron chi connectivity index (χ0n) is 6.01. The van der Waals surface area contributed by atoms with Crippen molar-refractivity contribution in [3.8, 4) is 11.2 Å².